The van der Waals surface area contributed by atoms with Gasteiger partial charge in [0, 0.05) is 17.2 Å². The molecule has 0 spiro atoms. The molecule has 1 N–H and O–H groups in total. The van der Waals surface area contributed by atoms with Crippen molar-refractivity contribution in [2.45, 2.75) is 32.6 Å². The molecular weight excluding hydrogens is 328 g/mol. The second-order valence-corrected chi connectivity index (χ2v) is 5.88. The Morgan fingerprint density at radius 1 is 1.28 bits per heavy atom. The van der Waals surface area contributed by atoms with E-state index in [1.165, 1.54) is 18.3 Å². The van der Waals surface area contributed by atoms with Crippen molar-refractivity contribution in [2.75, 3.05) is 6.61 Å². The monoisotopic (exact) mass is 347 g/mol. The van der Waals surface area contributed by atoms with E-state index in [0.717, 1.165) is 12.5 Å². The molecular formula is C18H19F2N3O2. The predicted molar refractivity (Wildman–Crippen MR) is 88.9 cm³/mol. The van der Waals surface area contributed by atoms with Crippen LogP contribution in [0.4, 0.5) is 14.6 Å². The summed E-state index contributed by atoms with van der Waals surface area (Å²) in [6, 6.07) is 3.97. The van der Waals surface area contributed by atoms with Gasteiger partial charge in [0.05, 0.1) is 12.8 Å². The molecule has 1 aromatic carbocycles. The molecule has 0 aliphatic carbocycles. The fraction of sp³-hybridized carbons (Fsp3) is 0.389. The number of aliphatic imine (C=N–C) groups is 1. The summed E-state index contributed by atoms with van der Waals surface area (Å²) in [7, 11) is 0. The third kappa shape index (κ3) is 3.06. The van der Waals surface area contributed by atoms with Crippen LogP contribution in [0.2, 0.25) is 0 Å². The number of fused-ring (bicyclic) bond motifs is 1. The lowest BCUT2D eigenvalue weighted by molar-refractivity contribution is -0.146. The summed E-state index contributed by atoms with van der Waals surface area (Å²) < 4.78 is 33.5. The van der Waals surface area contributed by atoms with Crippen LogP contribution in [-0.2, 0) is 9.53 Å². The van der Waals surface area contributed by atoms with Gasteiger partial charge in [-0.2, -0.15) is 5.10 Å². The topological polar surface area (TPSA) is 67.3 Å². The molecule has 25 heavy (non-hydrogen) atoms. The van der Waals surface area contributed by atoms with Gasteiger partial charge >= 0.3 is 5.97 Å². The molecule has 7 heteroatoms. The SMILES string of the molecule is CCCC1=Nc2[nH]ncc2C(c2cccc(F)c2F)C1C(=O)OCC. The van der Waals surface area contributed by atoms with Crippen LogP contribution in [-0.4, -0.2) is 28.5 Å². The Hall–Kier alpha value is -2.57. The van der Waals surface area contributed by atoms with Gasteiger partial charge in [-0.05, 0) is 25.0 Å². The van der Waals surface area contributed by atoms with Crippen LogP contribution in [0.3, 0.4) is 0 Å². The van der Waals surface area contributed by atoms with Gasteiger partial charge in [-0.15, -0.1) is 0 Å². The fourth-order valence-corrected chi connectivity index (χ4v) is 3.27. The Bertz CT molecular complexity index is 816. The van der Waals surface area contributed by atoms with Crippen molar-refractivity contribution in [1.82, 2.24) is 10.2 Å². The fourth-order valence-electron chi connectivity index (χ4n) is 3.27. The van der Waals surface area contributed by atoms with Gasteiger partial charge in [0.1, 0.15) is 5.92 Å². The van der Waals surface area contributed by atoms with Crippen molar-refractivity contribution in [3.05, 3.63) is 47.2 Å². The molecule has 3 rings (SSSR count). The van der Waals surface area contributed by atoms with E-state index in [2.05, 4.69) is 15.2 Å². The number of benzene rings is 1. The summed E-state index contributed by atoms with van der Waals surface area (Å²) in [5.74, 6) is -3.48. The van der Waals surface area contributed by atoms with Crippen molar-refractivity contribution < 1.29 is 18.3 Å². The Balaban J connectivity index is 2.19. The molecule has 0 radical (unpaired) electrons. The first-order valence-corrected chi connectivity index (χ1v) is 8.29. The molecule has 1 aliphatic rings. The summed E-state index contributed by atoms with van der Waals surface area (Å²) in [4.78, 5) is 17.1. The number of H-pyrrole nitrogens is 1. The molecule has 0 bridgehead atoms. The van der Waals surface area contributed by atoms with Crippen LogP contribution in [0.1, 0.15) is 43.7 Å². The molecule has 2 heterocycles. The van der Waals surface area contributed by atoms with E-state index >= 15 is 0 Å². The number of carbonyl (C=O) groups excluding carboxylic acids is 1. The van der Waals surface area contributed by atoms with Crippen molar-refractivity contribution in [1.29, 1.82) is 0 Å². The van der Waals surface area contributed by atoms with Crippen molar-refractivity contribution >= 4 is 17.5 Å². The highest BCUT2D eigenvalue weighted by Gasteiger charge is 2.42. The highest BCUT2D eigenvalue weighted by atomic mass is 19.2. The normalized spacial score (nSPS) is 19.3. The van der Waals surface area contributed by atoms with Crippen LogP contribution >= 0.6 is 0 Å². The van der Waals surface area contributed by atoms with E-state index in [1.807, 2.05) is 6.92 Å². The summed E-state index contributed by atoms with van der Waals surface area (Å²) in [5, 5.41) is 6.73. The van der Waals surface area contributed by atoms with Gasteiger partial charge in [0.2, 0.25) is 0 Å². The smallest absolute Gasteiger partial charge is 0.315 e. The van der Waals surface area contributed by atoms with Gasteiger partial charge in [-0.3, -0.25) is 9.89 Å². The summed E-state index contributed by atoms with van der Waals surface area (Å²) in [6.07, 6.45) is 2.81. The summed E-state index contributed by atoms with van der Waals surface area (Å²) in [6.45, 7) is 3.87. The second kappa shape index (κ2) is 7.13. The summed E-state index contributed by atoms with van der Waals surface area (Å²) in [5.41, 5.74) is 1.25. The molecule has 0 saturated carbocycles. The first kappa shape index (κ1) is 17.3. The molecule has 0 amide bonds. The van der Waals surface area contributed by atoms with E-state index in [1.54, 1.807) is 6.92 Å². The molecule has 1 aromatic heterocycles. The number of carbonyl (C=O) groups is 1. The number of hydrogen-bond donors (Lipinski definition) is 1. The molecule has 2 aromatic rings. The van der Waals surface area contributed by atoms with Gasteiger partial charge < -0.3 is 4.74 Å². The molecule has 1 aliphatic heterocycles. The lowest BCUT2D eigenvalue weighted by Gasteiger charge is -2.30. The van der Waals surface area contributed by atoms with Crippen LogP contribution in [0.25, 0.3) is 0 Å². The number of hydrogen-bond acceptors (Lipinski definition) is 4. The predicted octanol–water partition coefficient (Wildman–Crippen LogP) is 3.89. The minimum atomic E-state index is -0.966. The number of aromatic amines is 1. The largest absolute Gasteiger partial charge is 0.465 e. The number of esters is 1. The standard InChI is InChI=1S/C18H19F2N3O2/c1-3-6-13-15(18(24)25-4-2)14(11-9-21-23-17(11)22-13)10-7-5-8-12(19)16(10)20/h5,7-9,14-15H,3-4,6H2,1-2H3,(H,21,23). The minimum Gasteiger partial charge on any atom is -0.465 e. The van der Waals surface area contributed by atoms with Crippen LogP contribution in [0, 0.1) is 17.6 Å². The number of halogens is 2. The van der Waals surface area contributed by atoms with Crippen molar-refractivity contribution in [3.63, 3.8) is 0 Å². The number of ether oxygens (including phenoxy) is 1. The van der Waals surface area contributed by atoms with Gasteiger partial charge in [-0.1, -0.05) is 25.5 Å². The van der Waals surface area contributed by atoms with E-state index < -0.39 is 29.4 Å². The maximum absolute atomic E-state index is 14.5. The lowest BCUT2D eigenvalue weighted by Crippen LogP contribution is -2.35. The highest BCUT2D eigenvalue weighted by molar-refractivity contribution is 6.06. The Morgan fingerprint density at radius 2 is 2.08 bits per heavy atom. The molecule has 132 valence electrons. The number of nitrogens with zero attached hydrogens (tertiary/aromatic N) is 2. The third-order valence-electron chi connectivity index (χ3n) is 4.29. The number of aromatic nitrogens is 2. The minimum absolute atomic E-state index is 0.101. The van der Waals surface area contributed by atoms with E-state index in [4.69, 9.17) is 4.74 Å². The van der Waals surface area contributed by atoms with Crippen molar-refractivity contribution in [3.8, 4) is 0 Å². The number of rotatable bonds is 5. The average Bonchev–Trinajstić information content (AvgIpc) is 3.05. The van der Waals surface area contributed by atoms with E-state index in [9.17, 15) is 13.6 Å². The van der Waals surface area contributed by atoms with E-state index in [0.29, 0.717) is 23.5 Å². The molecule has 0 saturated heterocycles. The van der Waals surface area contributed by atoms with E-state index in [-0.39, 0.29) is 12.2 Å². The highest BCUT2D eigenvalue weighted by Crippen LogP contribution is 2.43. The van der Waals surface area contributed by atoms with Gasteiger partial charge in [-0.25, -0.2) is 13.8 Å². The molecule has 2 unspecified atom stereocenters. The zero-order valence-corrected chi connectivity index (χ0v) is 14.1. The zero-order valence-electron chi connectivity index (χ0n) is 14.1. The summed E-state index contributed by atoms with van der Waals surface area (Å²) >= 11 is 0. The Morgan fingerprint density at radius 3 is 2.80 bits per heavy atom. The quantitative estimate of drug-likeness (QED) is 0.835. The van der Waals surface area contributed by atoms with Gasteiger partial charge in [0.25, 0.3) is 0 Å². The number of nitrogens with one attached hydrogen (secondary N) is 1. The second-order valence-electron chi connectivity index (χ2n) is 5.88. The Kier molecular flexibility index (Phi) is 4.92. The molecule has 2 atom stereocenters. The zero-order chi connectivity index (χ0) is 18.0. The maximum Gasteiger partial charge on any atom is 0.315 e. The van der Waals surface area contributed by atoms with Crippen LogP contribution in [0.5, 0.6) is 0 Å². The first-order valence-electron chi connectivity index (χ1n) is 8.29. The van der Waals surface area contributed by atoms with Crippen LogP contribution < -0.4 is 0 Å². The van der Waals surface area contributed by atoms with Gasteiger partial charge in [0.15, 0.2) is 17.5 Å². The molecule has 5 nitrogen and oxygen atoms in total. The van der Waals surface area contributed by atoms with Crippen molar-refractivity contribution in [2.24, 2.45) is 10.9 Å². The first-order chi connectivity index (χ1) is 12.1. The van der Waals surface area contributed by atoms with Crippen LogP contribution in [0.15, 0.2) is 29.4 Å². The average molecular weight is 347 g/mol. The lowest BCUT2D eigenvalue weighted by atomic mass is 9.76. The Labute approximate surface area is 144 Å². The molecule has 0 fully saturated rings. The maximum atomic E-state index is 14.5. The third-order valence-corrected chi connectivity index (χ3v) is 4.29.